The highest BCUT2D eigenvalue weighted by molar-refractivity contribution is 5.78. The van der Waals surface area contributed by atoms with E-state index in [2.05, 4.69) is 0 Å². The van der Waals surface area contributed by atoms with Crippen molar-refractivity contribution in [3.05, 3.63) is 24.3 Å². The third-order valence-electron chi connectivity index (χ3n) is 4.56. The van der Waals surface area contributed by atoms with E-state index in [0.29, 0.717) is 39.0 Å². The number of hydrogen-bond donors (Lipinski definition) is 1. The Balaban J connectivity index is 1.73. The highest BCUT2D eigenvalue weighted by Gasteiger charge is 2.34. The first-order chi connectivity index (χ1) is 12.0. The van der Waals surface area contributed by atoms with E-state index in [1.165, 1.54) is 0 Å². The Bertz CT molecular complexity index is 572. The lowest BCUT2D eigenvalue weighted by molar-refractivity contribution is -0.149. The Morgan fingerprint density at radius 3 is 2.44 bits per heavy atom. The van der Waals surface area contributed by atoms with Crippen molar-refractivity contribution in [1.29, 1.82) is 0 Å². The molecule has 2 rings (SSSR count). The van der Waals surface area contributed by atoms with Crippen LogP contribution in [0.2, 0.25) is 0 Å². The number of piperidine rings is 1. The maximum Gasteiger partial charge on any atom is 0.308 e. The molecular weight excluding hydrogens is 322 g/mol. The Morgan fingerprint density at radius 1 is 1.20 bits per heavy atom. The molecule has 1 saturated heterocycles. The molecule has 1 aliphatic rings. The molecule has 6 nitrogen and oxygen atoms in total. The van der Waals surface area contributed by atoms with Crippen molar-refractivity contribution in [2.45, 2.75) is 45.6 Å². The number of amides is 1. The van der Waals surface area contributed by atoms with Gasteiger partial charge in [-0.1, -0.05) is 0 Å². The van der Waals surface area contributed by atoms with E-state index >= 15 is 0 Å². The number of likely N-dealkylation sites (tertiary alicyclic amines) is 1. The third kappa shape index (κ3) is 5.37. The summed E-state index contributed by atoms with van der Waals surface area (Å²) in [6.07, 6.45) is 2.36. The molecule has 0 unspecified atom stereocenters. The zero-order valence-corrected chi connectivity index (χ0v) is 14.9. The fraction of sp³-hybridized carbons (Fsp3) is 0.579. The van der Waals surface area contributed by atoms with Crippen LogP contribution in [0.1, 0.15) is 39.5 Å². The fourth-order valence-electron chi connectivity index (χ4n) is 3.18. The smallest absolute Gasteiger partial charge is 0.308 e. The van der Waals surface area contributed by atoms with E-state index in [-0.39, 0.29) is 11.9 Å². The van der Waals surface area contributed by atoms with E-state index in [1.54, 1.807) is 4.90 Å². The average Bonchev–Trinajstić information content (AvgIpc) is 2.60. The first-order valence-electron chi connectivity index (χ1n) is 8.91. The van der Waals surface area contributed by atoms with E-state index in [9.17, 15) is 14.7 Å². The molecule has 1 aliphatic heterocycles. The fourth-order valence-corrected chi connectivity index (χ4v) is 3.18. The van der Waals surface area contributed by atoms with E-state index < -0.39 is 11.9 Å². The summed E-state index contributed by atoms with van der Waals surface area (Å²) < 4.78 is 11.0. The van der Waals surface area contributed by atoms with Crippen LogP contribution in [-0.4, -0.2) is 47.7 Å². The number of carbonyl (C=O) groups is 2. The molecule has 1 aromatic rings. The highest BCUT2D eigenvalue weighted by Crippen LogP contribution is 2.24. The minimum Gasteiger partial charge on any atom is -0.494 e. The number of carbonyl (C=O) groups excluding carboxylic acids is 1. The van der Waals surface area contributed by atoms with Crippen LogP contribution in [0.3, 0.4) is 0 Å². The maximum absolute atomic E-state index is 12.4. The molecule has 0 aliphatic carbocycles. The Hall–Kier alpha value is -2.24. The largest absolute Gasteiger partial charge is 0.494 e. The van der Waals surface area contributed by atoms with Gasteiger partial charge in [-0.05, 0) is 57.4 Å². The monoisotopic (exact) mass is 349 g/mol. The number of benzene rings is 1. The molecule has 1 aromatic carbocycles. The van der Waals surface area contributed by atoms with Crippen molar-refractivity contribution >= 4 is 11.9 Å². The summed E-state index contributed by atoms with van der Waals surface area (Å²) in [7, 11) is 0. The molecule has 1 amide bonds. The number of ether oxygens (including phenoxy) is 2. The average molecular weight is 349 g/mol. The molecule has 2 atom stereocenters. The van der Waals surface area contributed by atoms with Crippen molar-refractivity contribution < 1.29 is 24.2 Å². The number of carboxylic acids is 1. The summed E-state index contributed by atoms with van der Waals surface area (Å²) in [6.45, 7) is 5.48. The molecule has 0 spiro atoms. The van der Waals surface area contributed by atoms with Crippen LogP contribution in [0.15, 0.2) is 24.3 Å². The van der Waals surface area contributed by atoms with Crippen molar-refractivity contribution in [2.75, 3.05) is 19.8 Å². The van der Waals surface area contributed by atoms with Crippen LogP contribution in [0.4, 0.5) is 0 Å². The van der Waals surface area contributed by atoms with Gasteiger partial charge < -0.3 is 19.5 Å². The highest BCUT2D eigenvalue weighted by atomic mass is 16.5. The summed E-state index contributed by atoms with van der Waals surface area (Å²) in [4.78, 5) is 25.3. The Morgan fingerprint density at radius 2 is 1.84 bits per heavy atom. The molecule has 1 heterocycles. The number of hydrogen-bond acceptors (Lipinski definition) is 4. The third-order valence-corrected chi connectivity index (χ3v) is 4.56. The van der Waals surface area contributed by atoms with Gasteiger partial charge in [-0.15, -0.1) is 0 Å². The SMILES string of the molecule is CCOc1ccc(OCCCC(=O)N2CCC[C@H](C(=O)O)[C@@H]2C)cc1. The summed E-state index contributed by atoms with van der Waals surface area (Å²) in [5.41, 5.74) is 0. The first-order valence-corrected chi connectivity index (χ1v) is 8.91. The predicted molar refractivity (Wildman–Crippen MR) is 93.9 cm³/mol. The lowest BCUT2D eigenvalue weighted by atomic mass is 9.90. The first kappa shape index (κ1) is 19.1. The lowest BCUT2D eigenvalue weighted by Gasteiger charge is -2.37. The zero-order chi connectivity index (χ0) is 18.2. The van der Waals surface area contributed by atoms with Gasteiger partial charge in [0.25, 0.3) is 0 Å². The van der Waals surface area contributed by atoms with Crippen LogP contribution in [0.5, 0.6) is 11.5 Å². The molecular formula is C19H27NO5. The second-order valence-corrected chi connectivity index (χ2v) is 6.27. The van der Waals surface area contributed by atoms with Gasteiger partial charge in [0.15, 0.2) is 0 Å². The molecule has 0 radical (unpaired) electrons. The number of nitrogens with zero attached hydrogens (tertiary/aromatic N) is 1. The van der Waals surface area contributed by atoms with Crippen molar-refractivity contribution in [2.24, 2.45) is 5.92 Å². The summed E-state index contributed by atoms with van der Waals surface area (Å²) in [6, 6.07) is 7.15. The van der Waals surface area contributed by atoms with Crippen LogP contribution in [-0.2, 0) is 9.59 Å². The second-order valence-electron chi connectivity index (χ2n) is 6.27. The number of carboxylic acid groups (broad SMARTS) is 1. The standard InChI is InChI=1S/C19H27NO5/c1-3-24-15-8-10-16(11-9-15)25-13-5-7-18(21)20-12-4-6-17(14(20)2)19(22)23/h8-11,14,17H,3-7,12-13H2,1-2H3,(H,22,23)/t14-,17-/m0/s1. The summed E-state index contributed by atoms with van der Waals surface area (Å²) >= 11 is 0. The summed E-state index contributed by atoms with van der Waals surface area (Å²) in [5.74, 6) is 0.278. The van der Waals surface area contributed by atoms with E-state index in [1.807, 2.05) is 38.1 Å². The number of aliphatic carboxylic acids is 1. The molecule has 1 N–H and O–H groups in total. The van der Waals surface area contributed by atoms with Gasteiger partial charge in [0.05, 0.1) is 19.1 Å². The van der Waals surface area contributed by atoms with Crippen molar-refractivity contribution in [3.63, 3.8) is 0 Å². The zero-order valence-electron chi connectivity index (χ0n) is 14.9. The molecule has 25 heavy (non-hydrogen) atoms. The molecule has 0 bridgehead atoms. The van der Waals surface area contributed by atoms with Crippen molar-refractivity contribution in [3.8, 4) is 11.5 Å². The number of rotatable bonds is 8. The van der Waals surface area contributed by atoms with Crippen molar-refractivity contribution in [1.82, 2.24) is 4.90 Å². The summed E-state index contributed by atoms with van der Waals surface area (Å²) in [5, 5.41) is 9.23. The molecule has 1 fully saturated rings. The molecule has 0 aromatic heterocycles. The quantitative estimate of drug-likeness (QED) is 0.730. The maximum atomic E-state index is 12.4. The minimum absolute atomic E-state index is 0.00810. The topological polar surface area (TPSA) is 76.1 Å². The predicted octanol–water partition coefficient (Wildman–Crippen LogP) is 2.96. The van der Waals surface area contributed by atoms with E-state index in [4.69, 9.17) is 9.47 Å². The molecule has 6 heteroatoms. The van der Waals surface area contributed by atoms with Crippen LogP contribution < -0.4 is 9.47 Å². The lowest BCUT2D eigenvalue weighted by Crippen LogP contribution is -2.49. The van der Waals surface area contributed by atoms with Crippen LogP contribution in [0.25, 0.3) is 0 Å². The van der Waals surface area contributed by atoms with Crippen LogP contribution >= 0.6 is 0 Å². The van der Waals surface area contributed by atoms with Gasteiger partial charge in [0.1, 0.15) is 11.5 Å². The van der Waals surface area contributed by atoms with Gasteiger partial charge in [-0.2, -0.15) is 0 Å². The van der Waals surface area contributed by atoms with Gasteiger partial charge in [-0.3, -0.25) is 9.59 Å². The van der Waals surface area contributed by atoms with Crippen LogP contribution in [0, 0.1) is 5.92 Å². The molecule has 0 saturated carbocycles. The van der Waals surface area contributed by atoms with Gasteiger partial charge in [0.2, 0.25) is 5.91 Å². The van der Waals surface area contributed by atoms with Gasteiger partial charge in [0, 0.05) is 19.0 Å². The van der Waals surface area contributed by atoms with E-state index in [0.717, 1.165) is 17.9 Å². The molecule has 138 valence electrons. The van der Waals surface area contributed by atoms with Gasteiger partial charge >= 0.3 is 5.97 Å². The minimum atomic E-state index is -0.816. The Kier molecular flexibility index (Phi) is 7.10. The van der Waals surface area contributed by atoms with Gasteiger partial charge in [-0.25, -0.2) is 0 Å². The normalized spacial score (nSPS) is 20.2. The second kappa shape index (κ2) is 9.30. The Labute approximate surface area is 148 Å².